The Morgan fingerprint density at radius 1 is 0.537 bits per heavy atom. The fourth-order valence-corrected chi connectivity index (χ4v) is 4.52. The molecule has 310 valence electrons. The number of benzene rings is 1. The van der Waals surface area contributed by atoms with Crippen molar-refractivity contribution in [3.8, 4) is 0 Å². The van der Waals surface area contributed by atoms with Crippen molar-refractivity contribution in [1.82, 2.24) is 0 Å². The van der Waals surface area contributed by atoms with Crippen LogP contribution >= 0.6 is 7.60 Å². The Bertz CT molecular complexity index is 1390. The molecule has 0 aromatic heterocycles. The molecule has 54 heavy (non-hydrogen) atoms. The Labute approximate surface area is 291 Å². The molecule has 0 atom stereocenters. The van der Waals surface area contributed by atoms with Gasteiger partial charge < -0.3 is 18.5 Å². The second-order valence-corrected chi connectivity index (χ2v) is 11.7. The van der Waals surface area contributed by atoms with E-state index in [1.165, 1.54) is 6.07 Å². The molecule has 0 radical (unpaired) electrons. The van der Waals surface area contributed by atoms with E-state index in [1.807, 2.05) is 0 Å². The van der Waals surface area contributed by atoms with Crippen LogP contribution in [-0.2, 0) is 51.6 Å². The van der Waals surface area contributed by atoms with Gasteiger partial charge in [-0.2, -0.15) is 70.2 Å². The van der Waals surface area contributed by atoms with Gasteiger partial charge in [-0.3, -0.25) is 4.57 Å². The average molecular weight is 846 g/mol. The zero-order valence-corrected chi connectivity index (χ0v) is 27.1. The largest absolute Gasteiger partial charge is 0.453 e. The molecule has 1 rings (SSSR count). The highest BCUT2D eigenvalue weighted by atomic mass is 31.2. The molecule has 0 aliphatic carbocycles. The predicted molar refractivity (Wildman–Crippen MR) is 141 cm³/mol. The third-order valence-corrected chi connectivity index (χ3v) is 7.24. The first-order chi connectivity index (χ1) is 24.3. The molecule has 0 heterocycles. The lowest BCUT2D eigenvalue weighted by atomic mass is 10.4. The zero-order chi connectivity index (χ0) is 42.1. The number of esters is 2. The number of rotatable bonds is 25. The van der Waals surface area contributed by atoms with E-state index < -0.39 is 113 Å². The van der Waals surface area contributed by atoms with Gasteiger partial charge in [0, 0.05) is 12.2 Å². The summed E-state index contributed by atoms with van der Waals surface area (Å²) in [6, 6.07) is 4.77. The molecule has 0 unspecified atom stereocenters. The maximum Gasteiger partial charge on any atom is 0.453 e. The number of hydrogen-bond donors (Lipinski definition) is 0. The van der Waals surface area contributed by atoms with Crippen molar-refractivity contribution in [2.45, 2.75) is 61.7 Å². The summed E-state index contributed by atoms with van der Waals surface area (Å²) < 4.78 is 260. The van der Waals surface area contributed by atoms with E-state index in [0.717, 1.165) is 24.3 Å². The van der Waals surface area contributed by atoms with Gasteiger partial charge in [0.25, 0.3) is 0 Å². The van der Waals surface area contributed by atoms with Crippen LogP contribution in [0.15, 0.2) is 55.6 Å². The van der Waals surface area contributed by atoms with Crippen LogP contribution in [0.25, 0.3) is 0 Å². The molecule has 0 N–H and O–H groups in total. The summed E-state index contributed by atoms with van der Waals surface area (Å²) in [6.07, 6.45) is -52.4. The summed E-state index contributed by atoms with van der Waals surface area (Å²) in [4.78, 5) is 21.5. The molecule has 0 spiro atoms. The van der Waals surface area contributed by atoms with Crippen LogP contribution in [-0.4, -0.2) is 87.2 Å². The molecular formula is C26H23F16O11P. The first-order valence-corrected chi connectivity index (χ1v) is 15.2. The number of halogens is 16. The summed E-state index contributed by atoms with van der Waals surface area (Å²) >= 11 is 0. The number of ether oxygens (including phenoxy) is 6. The lowest BCUT2D eigenvalue weighted by Crippen LogP contribution is -2.52. The Kier molecular flexibility index (Phi) is 16.2. The topological polar surface area (TPSA) is 125 Å². The molecule has 0 amide bonds. The highest BCUT2D eigenvalue weighted by molar-refractivity contribution is 7.62. The van der Waals surface area contributed by atoms with Gasteiger partial charge in [0.1, 0.15) is 0 Å². The quantitative estimate of drug-likeness (QED) is 0.0419. The molecule has 0 fully saturated rings. The molecule has 1 aromatic rings. The zero-order valence-electron chi connectivity index (χ0n) is 26.2. The van der Waals surface area contributed by atoms with E-state index in [-0.39, 0.29) is 12.2 Å². The van der Waals surface area contributed by atoms with E-state index >= 15 is 0 Å². The van der Waals surface area contributed by atoms with Gasteiger partial charge in [-0.25, -0.2) is 28.5 Å². The van der Waals surface area contributed by atoms with Crippen molar-refractivity contribution in [2.24, 2.45) is 0 Å². The summed E-state index contributed by atoms with van der Waals surface area (Å²) in [5.41, 5.74) is 0. The van der Waals surface area contributed by atoms with E-state index in [0.29, 0.717) is 0 Å². The lowest BCUT2D eigenvalue weighted by Gasteiger charge is -2.31. The first-order valence-electron chi connectivity index (χ1n) is 13.6. The number of hydrogen-bond acceptors (Lipinski definition) is 11. The fourth-order valence-electron chi connectivity index (χ4n) is 2.94. The van der Waals surface area contributed by atoms with Gasteiger partial charge in [0.15, 0.2) is 13.2 Å². The van der Waals surface area contributed by atoms with Crippen molar-refractivity contribution >= 4 is 24.8 Å². The molecule has 0 saturated carbocycles. The molecule has 0 bridgehead atoms. The summed E-state index contributed by atoms with van der Waals surface area (Å²) in [6.45, 7) is -3.09. The Morgan fingerprint density at radius 2 is 0.833 bits per heavy atom. The van der Waals surface area contributed by atoms with Crippen LogP contribution in [0, 0.1) is 0 Å². The van der Waals surface area contributed by atoms with Gasteiger partial charge in [-0.05, 0) is 12.1 Å². The minimum absolute atomic E-state index is 0.244. The van der Waals surface area contributed by atoms with Crippen LogP contribution in [0.4, 0.5) is 70.2 Å². The van der Waals surface area contributed by atoms with Crippen molar-refractivity contribution in [2.75, 3.05) is 26.4 Å². The van der Waals surface area contributed by atoms with E-state index in [9.17, 15) is 84.4 Å². The lowest BCUT2D eigenvalue weighted by molar-refractivity contribution is -0.514. The van der Waals surface area contributed by atoms with Crippen LogP contribution < -0.4 is 5.30 Å². The minimum atomic E-state index is -6.61. The van der Waals surface area contributed by atoms with Gasteiger partial charge in [0.2, 0.25) is 0 Å². The molecule has 28 heteroatoms. The SMILES string of the molecule is C=CC(=O)OCC(F)(F)OC(F)(F)C(F)(F)OC(F)(F)CCOP(=O)(OCCC(F)(F)OC(F)(F)C(F)(F)OC(F)(F)COC(=O)C=C)c1ccccc1. The molecule has 0 aliphatic heterocycles. The molecule has 11 nitrogen and oxygen atoms in total. The van der Waals surface area contributed by atoms with Gasteiger partial charge in [0.05, 0.1) is 31.4 Å². The summed E-state index contributed by atoms with van der Waals surface area (Å²) in [5.74, 6) is -3.33. The standard InChI is InChI=1S/C26H23F16O11P/c1-3-17(43)46-14-21(31,32)52-25(39,40)23(35,36)50-19(27,28)10-12-48-54(45,16-8-6-5-7-9-16)49-13-11-20(29,30)51-24(37,38)26(41,42)53-22(33,34)15-47-18(44)4-2/h3-9H,1-2,10-15H2. The third kappa shape index (κ3) is 15.3. The van der Waals surface area contributed by atoms with Crippen molar-refractivity contribution in [1.29, 1.82) is 0 Å². The number of carbonyl (C=O) groups is 2. The second kappa shape index (κ2) is 18.0. The van der Waals surface area contributed by atoms with E-state index in [4.69, 9.17) is 0 Å². The molecule has 0 saturated heterocycles. The van der Waals surface area contributed by atoms with Crippen LogP contribution in [0.5, 0.6) is 0 Å². The van der Waals surface area contributed by atoms with E-state index in [2.05, 4.69) is 50.6 Å². The number of alkyl halides is 16. The number of carbonyl (C=O) groups excluding carboxylic acids is 2. The molecular weight excluding hydrogens is 823 g/mol. The normalized spacial score (nSPS) is 14.1. The molecule has 1 aromatic carbocycles. The fraction of sp³-hybridized carbons (Fsp3) is 0.538. The monoisotopic (exact) mass is 846 g/mol. The maximum atomic E-state index is 14.1. The Morgan fingerprint density at radius 3 is 1.13 bits per heavy atom. The molecule has 0 aliphatic rings. The van der Waals surface area contributed by atoms with Crippen molar-refractivity contribution in [3.05, 3.63) is 55.6 Å². The minimum Gasteiger partial charge on any atom is -0.453 e. The smallest absolute Gasteiger partial charge is 0.453 e. The van der Waals surface area contributed by atoms with Crippen molar-refractivity contribution < 1.29 is 122 Å². The third-order valence-electron chi connectivity index (χ3n) is 5.27. The summed E-state index contributed by atoms with van der Waals surface area (Å²) in [5, 5.41) is -0.743. The van der Waals surface area contributed by atoms with Crippen LogP contribution in [0.2, 0.25) is 0 Å². The Hall–Kier alpha value is -3.49. The maximum absolute atomic E-state index is 14.1. The first kappa shape index (κ1) is 48.5. The van der Waals surface area contributed by atoms with Crippen LogP contribution in [0.3, 0.4) is 0 Å². The highest BCUT2D eigenvalue weighted by Crippen LogP contribution is 2.50. The van der Waals surface area contributed by atoms with E-state index in [1.54, 1.807) is 0 Å². The summed E-state index contributed by atoms with van der Waals surface area (Å²) in [7, 11) is -5.30. The Balaban J connectivity index is 3.00. The van der Waals surface area contributed by atoms with Crippen LogP contribution in [0.1, 0.15) is 12.8 Å². The van der Waals surface area contributed by atoms with Gasteiger partial charge >= 0.3 is 68.4 Å². The average Bonchev–Trinajstić information content (AvgIpc) is 3.00. The highest BCUT2D eigenvalue weighted by Gasteiger charge is 2.68. The predicted octanol–water partition coefficient (Wildman–Crippen LogP) is 7.59. The van der Waals surface area contributed by atoms with Gasteiger partial charge in [-0.1, -0.05) is 31.4 Å². The second-order valence-electron chi connectivity index (χ2n) is 9.65. The van der Waals surface area contributed by atoms with Crippen molar-refractivity contribution in [3.63, 3.8) is 0 Å². The van der Waals surface area contributed by atoms with Gasteiger partial charge in [-0.15, -0.1) is 0 Å².